The molecule has 4 rings (SSSR count). The van der Waals surface area contributed by atoms with Crippen LogP contribution in [0.15, 0.2) is 24.3 Å². The van der Waals surface area contributed by atoms with Crippen LogP contribution in [-0.2, 0) is 9.53 Å². The van der Waals surface area contributed by atoms with Gasteiger partial charge < -0.3 is 14.8 Å². The van der Waals surface area contributed by atoms with E-state index in [1.54, 1.807) is 7.11 Å². The molecule has 4 heteroatoms. The number of hydrogen-bond donors (Lipinski definition) is 1. The Kier molecular flexibility index (Phi) is 4.53. The highest BCUT2D eigenvalue weighted by atomic mass is 16.5. The molecule has 3 fully saturated rings. The molecule has 1 aromatic rings. The first-order valence-electron chi connectivity index (χ1n) is 10.4. The molecule has 1 spiro atoms. The number of carbonyl (C=O) groups excluding carboxylic acids is 1. The summed E-state index contributed by atoms with van der Waals surface area (Å²) >= 11 is 0. The maximum atomic E-state index is 12.6. The van der Waals surface area contributed by atoms with Gasteiger partial charge in [0.1, 0.15) is 5.75 Å². The molecular weight excluding hydrogens is 338 g/mol. The number of hydrogen-bond acceptors (Lipinski definition) is 3. The molecule has 1 saturated heterocycles. The van der Waals surface area contributed by atoms with Crippen LogP contribution < -0.4 is 10.1 Å². The molecule has 5 atom stereocenters. The Labute approximate surface area is 163 Å². The van der Waals surface area contributed by atoms with E-state index < -0.39 is 0 Å². The first-order valence-corrected chi connectivity index (χ1v) is 10.4. The van der Waals surface area contributed by atoms with Gasteiger partial charge in [-0.05, 0) is 48.0 Å². The number of benzene rings is 1. The van der Waals surface area contributed by atoms with E-state index in [1.165, 1.54) is 12.8 Å². The van der Waals surface area contributed by atoms with Gasteiger partial charge in [0, 0.05) is 24.1 Å². The van der Waals surface area contributed by atoms with Crippen molar-refractivity contribution in [3.05, 3.63) is 29.8 Å². The van der Waals surface area contributed by atoms with Crippen molar-refractivity contribution in [1.29, 1.82) is 0 Å². The number of ether oxygens (including phenoxy) is 2. The third-order valence-corrected chi connectivity index (χ3v) is 7.76. The topological polar surface area (TPSA) is 47.6 Å². The summed E-state index contributed by atoms with van der Waals surface area (Å²) in [6.07, 6.45) is 3.45. The van der Waals surface area contributed by atoms with E-state index in [2.05, 4.69) is 31.3 Å². The van der Waals surface area contributed by atoms with Crippen molar-refractivity contribution in [2.24, 2.45) is 28.6 Å². The van der Waals surface area contributed by atoms with E-state index in [0.29, 0.717) is 11.8 Å². The van der Waals surface area contributed by atoms with E-state index >= 15 is 0 Å². The lowest BCUT2D eigenvalue weighted by Gasteiger charge is -2.53. The van der Waals surface area contributed by atoms with Gasteiger partial charge >= 0.3 is 0 Å². The van der Waals surface area contributed by atoms with Crippen molar-refractivity contribution >= 4 is 5.91 Å². The largest absolute Gasteiger partial charge is 0.496 e. The minimum Gasteiger partial charge on any atom is -0.496 e. The van der Waals surface area contributed by atoms with Gasteiger partial charge in [0.05, 0.1) is 13.2 Å². The zero-order valence-corrected chi connectivity index (χ0v) is 17.2. The maximum Gasteiger partial charge on any atom is 0.222 e. The van der Waals surface area contributed by atoms with Gasteiger partial charge in [-0.15, -0.1) is 0 Å². The normalized spacial score (nSPS) is 36.5. The summed E-state index contributed by atoms with van der Waals surface area (Å²) in [4.78, 5) is 12.6. The van der Waals surface area contributed by atoms with Crippen LogP contribution >= 0.6 is 0 Å². The monoisotopic (exact) mass is 371 g/mol. The first-order chi connectivity index (χ1) is 12.8. The Hall–Kier alpha value is -1.55. The van der Waals surface area contributed by atoms with Crippen LogP contribution in [-0.4, -0.2) is 25.7 Å². The second kappa shape index (κ2) is 6.51. The molecule has 1 heterocycles. The Morgan fingerprint density at radius 2 is 2.04 bits per heavy atom. The molecule has 1 N–H and O–H groups in total. The molecule has 1 aliphatic heterocycles. The highest BCUT2D eigenvalue weighted by Crippen LogP contribution is 2.70. The smallest absolute Gasteiger partial charge is 0.222 e. The predicted octanol–water partition coefficient (Wildman–Crippen LogP) is 4.35. The van der Waals surface area contributed by atoms with Crippen molar-refractivity contribution in [1.82, 2.24) is 5.32 Å². The number of fused-ring (bicyclic) bond motifs is 1. The molecule has 27 heavy (non-hydrogen) atoms. The lowest BCUT2D eigenvalue weighted by atomic mass is 9.58. The van der Waals surface area contributed by atoms with Crippen LogP contribution in [0.4, 0.5) is 0 Å². The fraction of sp³-hybridized carbons (Fsp3) is 0.696. The molecule has 148 valence electrons. The number of nitrogens with one attached hydrogen (secondary N) is 1. The first kappa shape index (κ1) is 18.8. The Morgan fingerprint density at radius 1 is 1.30 bits per heavy atom. The van der Waals surface area contributed by atoms with Crippen molar-refractivity contribution in [3.63, 3.8) is 0 Å². The van der Waals surface area contributed by atoms with E-state index in [-0.39, 0.29) is 34.8 Å². The van der Waals surface area contributed by atoms with Gasteiger partial charge in [0.2, 0.25) is 5.91 Å². The van der Waals surface area contributed by atoms with Crippen molar-refractivity contribution < 1.29 is 14.3 Å². The average Bonchev–Trinajstić information content (AvgIpc) is 3.14. The lowest BCUT2D eigenvalue weighted by molar-refractivity contribution is -0.139. The highest BCUT2D eigenvalue weighted by molar-refractivity contribution is 5.78. The van der Waals surface area contributed by atoms with E-state index in [9.17, 15) is 4.79 Å². The number of rotatable bonds is 4. The minimum absolute atomic E-state index is 0.0135. The molecule has 2 saturated carbocycles. The summed E-state index contributed by atoms with van der Waals surface area (Å²) in [5, 5.41) is 3.46. The average molecular weight is 372 g/mol. The minimum atomic E-state index is 0.0135. The summed E-state index contributed by atoms with van der Waals surface area (Å²) < 4.78 is 12.0. The van der Waals surface area contributed by atoms with Gasteiger partial charge in [-0.3, -0.25) is 4.79 Å². The van der Waals surface area contributed by atoms with Crippen molar-refractivity contribution in [2.45, 2.75) is 59.1 Å². The SMILES string of the molecule is COc1ccccc1[C@H]1OCCC23C[C@@H](C[C@H]12)C(C)(C)[C@H]3NC(=O)C(C)C. The molecule has 4 nitrogen and oxygen atoms in total. The maximum absolute atomic E-state index is 12.6. The second-order valence-electron chi connectivity index (χ2n) is 9.68. The summed E-state index contributed by atoms with van der Waals surface area (Å²) in [5.41, 5.74) is 1.41. The van der Waals surface area contributed by atoms with Crippen LogP contribution in [0.2, 0.25) is 0 Å². The molecule has 1 amide bonds. The number of para-hydroxylation sites is 1. The molecule has 3 aliphatic rings. The number of amides is 1. The Balaban J connectivity index is 1.71. The Bertz CT molecular complexity index is 728. The standard InChI is InChI=1S/C23H33NO3/c1-14(2)20(25)24-21-22(3,4)15-12-17-19(27-11-10-23(17,21)13-15)16-8-6-7-9-18(16)26-5/h6-9,14-15,17,19,21H,10-13H2,1-5H3,(H,24,25)/t15-,17-,19-,21-,23?/m1/s1. The zero-order valence-electron chi connectivity index (χ0n) is 17.2. The Morgan fingerprint density at radius 3 is 2.74 bits per heavy atom. The fourth-order valence-corrected chi connectivity index (χ4v) is 6.31. The van der Waals surface area contributed by atoms with Gasteiger partial charge in [0.25, 0.3) is 0 Å². The highest BCUT2D eigenvalue weighted by Gasteiger charge is 2.68. The van der Waals surface area contributed by atoms with Gasteiger partial charge in [-0.2, -0.15) is 0 Å². The third-order valence-electron chi connectivity index (χ3n) is 7.76. The van der Waals surface area contributed by atoms with Crippen LogP contribution in [0, 0.1) is 28.6 Å². The van der Waals surface area contributed by atoms with Crippen LogP contribution in [0.3, 0.4) is 0 Å². The van der Waals surface area contributed by atoms with Gasteiger partial charge in [-0.1, -0.05) is 45.9 Å². The quantitative estimate of drug-likeness (QED) is 0.856. The van der Waals surface area contributed by atoms with Crippen LogP contribution in [0.1, 0.15) is 58.6 Å². The molecule has 1 aromatic carbocycles. The second-order valence-corrected chi connectivity index (χ2v) is 9.68. The number of carbonyl (C=O) groups is 1. The lowest BCUT2D eigenvalue weighted by Crippen LogP contribution is -2.59. The number of methoxy groups -OCH3 is 1. The fourth-order valence-electron chi connectivity index (χ4n) is 6.31. The van der Waals surface area contributed by atoms with Gasteiger partial charge in [-0.25, -0.2) is 0 Å². The molecule has 0 aromatic heterocycles. The van der Waals surface area contributed by atoms with E-state index in [1.807, 2.05) is 26.0 Å². The zero-order chi connectivity index (χ0) is 19.4. The van der Waals surface area contributed by atoms with E-state index in [0.717, 1.165) is 24.3 Å². The van der Waals surface area contributed by atoms with Crippen molar-refractivity contribution in [2.75, 3.05) is 13.7 Å². The van der Waals surface area contributed by atoms with E-state index in [4.69, 9.17) is 9.47 Å². The molecule has 1 unspecified atom stereocenters. The predicted molar refractivity (Wildman–Crippen MR) is 106 cm³/mol. The van der Waals surface area contributed by atoms with Crippen molar-refractivity contribution in [3.8, 4) is 5.75 Å². The molecule has 2 aliphatic carbocycles. The third kappa shape index (κ3) is 2.71. The van der Waals surface area contributed by atoms with Crippen LogP contribution in [0.25, 0.3) is 0 Å². The van der Waals surface area contributed by atoms with Gasteiger partial charge in [0.15, 0.2) is 0 Å². The molecule has 0 radical (unpaired) electrons. The molecule has 2 bridgehead atoms. The summed E-state index contributed by atoms with van der Waals surface area (Å²) in [6, 6.07) is 8.45. The summed E-state index contributed by atoms with van der Waals surface area (Å²) in [6.45, 7) is 9.40. The molecular formula is C23H33NO3. The van der Waals surface area contributed by atoms with Crippen LogP contribution in [0.5, 0.6) is 5.75 Å². The summed E-state index contributed by atoms with van der Waals surface area (Å²) in [7, 11) is 1.73. The summed E-state index contributed by atoms with van der Waals surface area (Å²) in [5.74, 6) is 2.15.